The number of fused-ring (bicyclic) bond motifs is 13. The molecule has 2 aromatic heterocycles. The maximum Gasteiger partial charge on any atom is 0.159 e. The van der Waals surface area contributed by atoms with Crippen molar-refractivity contribution in [2.45, 2.75) is 68.6 Å². The van der Waals surface area contributed by atoms with E-state index in [4.69, 9.17) is 8.83 Å². The summed E-state index contributed by atoms with van der Waals surface area (Å²) in [5, 5.41) is 9.33. The molecule has 0 amide bonds. The van der Waals surface area contributed by atoms with Crippen molar-refractivity contribution < 1.29 is 8.83 Å². The molecular formula is C79H60N2O2. The zero-order chi connectivity index (χ0) is 54.6. The zero-order valence-electron chi connectivity index (χ0n) is 46.3. The van der Waals surface area contributed by atoms with Gasteiger partial charge in [-0.2, -0.15) is 0 Å². The summed E-state index contributed by atoms with van der Waals surface area (Å²) >= 11 is 0. The number of hydrogen-bond acceptors (Lipinski definition) is 4. The van der Waals surface area contributed by atoms with Crippen LogP contribution in [0.5, 0.6) is 0 Å². The molecule has 0 bridgehead atoms. The van der Waals surface area contributed by atoms with Crippen LogP contribution in [0.25, 0.3) is 76.5 Å². The highest BCUT2D eigenvalue weighted by Crippen LogP contribution is 2.63. The summed E-state index contributed by atoms with van der Waals surface area (Å²) in [4.78, 5) is 4.97. The molecule has 83 heavy (non-hydrogen) atoms. The Balaban J connectivity index is 0.981. The molecule has 12 aromatic carbocycles. The van der Waals surface area contributed by atoms with Gasteiger partial charge in [0, 0.05) is 43.7 Å². The quantitative estimate of drug-likeness (QED) is 0.137. The van der Waals surface area contributed by atoms with E-state index in [0.717, 1.165) is 78.0 Å². The molecule has 3 aliphatic rings. The van der Waals surface area contributed by atoms with Crippen molar-refractivity contribution >= 4 is 99.5 Å². The minimum Gasteiger partial charge on any atom is -0.454 e. The van der Waals surface area contributed by atoms with Gasteiger partial charge in [-0.15, -0.1) is 0 Å². The fraction of sp³-hybridized carbons (Fsp3) is 0.139. The number of nitrogens with zero attached hydrogens (tertiary/aromatic N) is 2. The molecule has 3 aliphatic carbocycles. The van der Waals surface area contributed by atoms with Gasteiger partial charge in [-0.25, -0.2) is 0 Å². The van der Waals surface area contributed by atoms with E-state index in [-0.39, 0.29) is 0 Å². The first kappa shape index (κ1) is 48.1. The van der Waals surface area contributed by atoms with E-state index < -0.39 is 5.41 Å². The van der Waals surface area contributed by atoms with E-state index in [0.29, 0.717) is 11.8 Å². The Kier molecular flexibility index (Phi) is 11.2. The largest absolute Gasteiger partial charge is 0.454 e. The molecule has 4 heteroatoms. The van der Waals surface area contributed by atoms with Crippen LogP contribution in [0, 0.1) is 0 Å². The SMILES string of the molecule is c1ccc(N(c2cc3c(c4ccccc24)-c2c(cc(N(c4ccccc4)c4cccc5c4oc4c(C6CCCC6)cccc45)c4ccccc24)C3(c2ccccc2)c2ccccc2)c2cccc3c2oc2c(C4CCCC4)cccc23)cc1. The molecule has 2 saturated carbocycles. The van der Waals surface area contributed by atoms with Crippen LogP contribution in [0.3, 0.4) is 0 Å². The molecule has 14 aromatic rings. The Morgan fingerprint density at radius 1 is 0.289 bits per heavy atom. The van der Waals surface area contributed by atoms with E-state index >= 15 is 0 Å². The van der Waals surface area contributed by atoms with Crippen LogP contribution >= 0.6 is 0 Å². The predicted octanol–water partition coefficient (Wildman–Crippen LogP) is 22.4. The first-order valence-corrected chi connectivity index (χ1v) is 30.0. The summed E-state index contributed by atoms with van der Waals surface area (Å²) in [6.45, 7) is 0. The Hall–Kier alpha value is -9.64. The third-order valence-electron chi connectivity index (χ3n) is 19.2. The maximum atomic E-state index is 7.36. The highest BCUT2D eigenvalue weighted by Gasteiger charge is 2.49. The summed E-state index contributed by atoms with van der Waals surface area (Å²) in [5.41, 5.74) is 19.4. The minimum absolute atomic E-state index is 0.504. The van der Waals surface area contributed by atoms with E-state index in [1.165, 1.54) is 117 Å². The molecule has 0 radical (unpaired) electrons. The number of hydrogen-bond donors (Lipinski definition) is 0. The first-order chi connectivity index (χ1) is 41.2. The standard InChI is InChI=1S/C79H60N2O2/c1-5-29-53(30-6-1)79(54-31-7-2-8-32-54)67-49-71(80(55-33-9-3-10-34-55)69-47-23-45-65-63-43-21-41-57(51-25-13-14-26-51)75(63)82-77(65)69)59-37-17-19-39-61(59)73(67)74-62-40-20-18-38-60(62)72(50-68(74)79)81(56-35-11-4-12-36-56)70-48-24-46-66-64-44-22-42-58(52-27-15-16-28-52)76(64)83-78(66)70/h1-12,17-24,29-52H,13-16,25-28H2. The average Bonchev–Trinajstić information content (AvgIpc) is 2.02. The van der Waals surface area contributed by atoms with Crippen LogP contribution in [0.4, 0.5) is 34.1 Å². The molecule has 398 valence electrons. The van der Waals surface area contributed by atoms with Crippen LogP contribution in [0.2, 0.25) is 0 Å². The number of rotatable bonds is 10. The smallest absolute Gasteiger partial charge is 0.159 e. The Morgan fingerprint density at radius 3 is 1.01 bits per heavy atom. The second-order valence-corrected chi connectivity index (χ2v) is 23.5. The van der Waals surface area contributed by atoms with Gasteiger partial charge >= 0.3 is 0 Å². The molecule has 0 unspecified atom stereocenters. The van der Waals surface area contributed by atoms with Gasteiger partial charge in [-0.1, -0.05) is 232 Å². The molecule has 0 aliphatic heterocycles. The van der Waals surface area contributed by atoms with E-state index in [2.05, 4.69) is 265 Å². The van der Waals surface area contributed by atoms with Crippen LogP contribution in [0.15, 0.2) is 264 Å². The lowest BCUT2D eigenvalue weighted by Crippen LogP contribution is -2.29. The lowest BCUT2D eigenvalue weighted by atomic mass is 9.67. The van der Waals surface area contributed by atoms with Gasteiger partial charge in [0.05, 0.1) is 28.2 Å². The number of benzene rings is 12. The maximum absolute atomic E-state index is 7.36. The summed E-state index contributed by atoms with van der Waals surface area (Å²) in [5.74, 6) is 1.01. The highest BCUT2D eigenvalue weighted by atomic mass is 16.3. The first-order valence-electron chi connectivity index (χ1n) is 30.0. The molecule has 4 nitrogen and oxygen atoms in total. The van der Waals surface area contributed by atoms with Crippen molar-refractivity contribution in [3.8, 4) is 11.1 Å². The molecule has 0 N–H and O–H groups in total. The van der Waals surface area contributed by atoms with Gasteiger partial charge in [0.1, 0.15) is 11.2 Å². The predicted molar refractivity (Wildman–Crippen MR) is 345 cm³/mol. The summed E-state index contributed by atoms with van der Waals surface area (Å²) in [7, 11) is 0. The van der Waals surface area contributed by atoms with Crippen molar-refractivity contribution in [2.75, 3.05) is 9.80 Å². The third-order valence-corrected chi connectivity index (χ3v) is 19.2. The van der Waals surface area contributed by atoms with Gasteiger partial charge in [-0.05, 0) is 141 Å². The van der Waals surface area contributed by atoms with E-state index in [1.54, 1.807) is 0 Å². The average molecular weight is 1070 g/mol. The summed E-state index contributed by atoms with van der Waals surface area (Å²) < 4.78 is 14.7. The molecular weight excluding hydrogens is 1010 g/mol. The number of anilines is 6. The van der Waals surface area contributed by atoms with Gasteiger partial charge in [0.25, 0.3) is 0 Å². The Morgan fingerprint density at radius 2 is 0.614 bits per heavy atom. The van der Waals surface area contributed by atoms with Crippen LogP contribution < -0.4 is 9.80 Å². The Labute approximate surface area is 483 Å². The van der Waals surface area contributed by atoms with Crippen LogP contribution in [-0.2, 0) is 5.41 Å². The van der Waals surface area contributed by atoms with Crippen LogP contribution in [-0.4, -0.2) is 0 Å². The zero-order valence-corrected chi connectivity index (χ0v) is 46.3. The molecule has 17 rings (SSSR count). The van der Waals surface area contributed by atoms with Gasteiger partial charge in [-0.3, -0.25) is 0 Å². The van der Waals surface area contributed by atoms with Gasteiger partial charge in [0.15, 0.2) is 11.2 Å². The second kappa shape index (κ2) is 19.2. The summed E-state index contributed by atoms with van der Waals surface area (Å²) in [6, 6.07) is 95.0. The lowest BCUT2D eigenvalue weighted by molar-refractivity contribution is 0.643. The monoisotopic (exact) mass is 1070 g/mol. The number of furan rings is 2. The van der Waals surface area contributed by atoms with Crippen LogP contribution in [0.1, 0.15) is 96.6 Å². The number of para-hydroxylation sites is 6. The summed E-state index contributed by atoms with van der Waals surface area (Å²) in [6.07, 6.45) is 9.86. The highest BCUT2D eigenvalue weighted by molar-refractivity contribution is 6.20. The molecule has 2 fully saturated rings. The molecule has 0 atom stereocenters. The second-order valence-electron chi connectivity index (χ2n) is 23.5. The van der Waals surface area contributed by atoms with Crippen molar-refractivity contribution in [2.24, 2.45) is 0 Å². The van der Waals surface area contributed by atoms with Gasteiger partial charge in [0.2, 0.25) is 0 Å². The van der Waals surface area contributed by atoms with Crippen molar-refractivity contribution in [1.29, 1.82) is 0 Å². The van der Waals surface area contributed by atoms with E-state index in [1.807, 2.05) is 0 Å². The van der Waals surface area contributed by atoms with Crippen molar-refractivity contribution in [3.63, 3.8) is 0 Å². The van der Waals surface area contributed by atoms with E-state index in [9.17, 15) is 0 Å². The normalized spacial score (nSPS) is 15.1. The van der Waals surface area contributed by atoms with Crippen molar-refractivity contribution in [1.82, 2.24) is 0 Å². The lowest BCUT2D eigenvalue weighted by Gasteiger charge is -2.36. The molecule has 0 spiro atoms. The Bertz CT molecular complexity index is 4510. The fourth-order valence-electron chi connectivity index (χ4n) is 15.6. The van der Waals surface area contributed by atoms with Crippen molar-refractivity contribution in [3.05, 3.63) is 288 Å². The topological polar surface area (TPSA) is 32.8 Å². The molecule has 2 heterocycles. The molecule has 0 saturated heterocycles. The fourth-order valence-corrected chi connectivity index (χ4v) is 15.6. The third kappa shape index (κ3) is 7.24. The van der Waals surface area contributed by atoms with Gasteiger partial charge < -0.3 is 18.6 Å². The minimum atomic E-state index is -0.807.